The molecule has 9 heteroatoms. The first kappa shape index (κ1) is 21.9. The number of para-hydroxylation sites is 2. The number of nitrogens with zero attached hydrogens (tertiary/aromatic N) is 2. The second kappa shape index (κ2) is 8.54. The van der Waals surface area contributed by atoms with Crippen molar-refractivity contribution in [3.63, 3.8) is 0 Å². The lowest BCUT2D eigenvalue weighted by Crippen LogP contribution is -2.09. The van der Waals surface area contributed by atoms with Gasteiger partial charge in [-0.1, -0.05) is 42.5 Å². The molecule has 0 saturated carbocycles. The van der Waals surface area contributed by atoms with Gasteiger partial charge in [0, 0.05) is 18.2 Å². The topological polar surface area (TPSA) is 107 Å². The Balaban J connectivity index is 1.32. The first-order valence-electron chi connectivity index (χ1n) is 11.1. The molecule has 0 aliphatic heterocycles. The number of hydrogen-bond donors (Lipinski definition) is 1. The lowest BCUT2D eigenvalue weighted by atomic mass is 10.2. The van der Waals surface area contributed by atoms with Gasteiger partial charge in [-0.25, -0.2) is 9.78 Å². The molecule has 36 heavy (non-hydrogen) atoms. The van der Waals surface area contributed by atoms with E-state index in [9.17, 15) is 13.2 Å². The van der Waals surface area contributed by atoms with Crippen LogP contribution in [0.4, 0.5) is 0 Å². The van der Waals surface area contributed by atoms with Crippen molar-refractivity contribution in [2.75, 3.05) is 0 Å². The van der Waals surface area contributed by atoms with E-state index in [1.54, 1.807) is 24.3 Å². The summed E-state index contributed by atoms with van der Waals surface area (Å²) in [6.45, 7) is 0.640. The smallest absolute Gasteiger partial charge is 0.408 e. The van der Waals surface area contributed by atoms with E-state index >= 15 is 0 Å². The van der Waals surface area contributed by atoms with Crippen LogP contribution in [0.25, 0.3) is 33.5 Å². The van der Waals surface area contributed by atoms with Crippen LogP contribution in [0.5, 0.6) is 5.75 Å². The number of benzene rings is 4. The second-order valence-corrected chi connectivity index (χ2v) is 9.78. The number of hydrogen-bond acceptors (Lipinski definition) is 6. The third-order valence-corrected chi connectivity index (χ3v) is 7.08. The van der Waals surface area contributed by atoms with Crippen molar-refractivity contribution >= 4 is 32.3 Å². The summed E-state index contributed by atoms with van der Waals surface area (Å²) in [5, 5.41) is 0. The summed E-state index contributed by atoms with van der Waals surface area (Å²) in [5.74, 6) is 0.261. The molecule has 4 aromatic carbocycles. The molecule has 2 aromatic heterocycles. The Bertz CT molecular complexity index is 1870. The van der Waals surface area contributed by atoms with Gasteiger partial charge >= 0.3 is 15.9 Å². The summed E-state index contributed by atoms with van der Waals surface area (Å²) in [6.07, 6.45) is 0. The van der Waals surface area contributed by atoms with Crippen molar-refractivity contribution in [3.05, 3.63) is 113 Å². The van der Waals surface area contributed by atoms with Crippen LogP contribution in [-0.4, -0.2) is 23.0 Å². The molecular weight excluding hydrogens is 478 g/mol. The van der Waals surface area contributed by atoms with Crippen LogP contribution in [0.1, 0.15) is 5.56 Å². The van der Waals surface area contributed by atoms with Crippen LogP contribution in [-0.2, 0) is 16.7 Å². The maximum Gasteiger partial charge on any atom is 0.417 e. The highest BCUT2D eigenvalue weighted by Crippen LogP contribution is 2.29. The summed E-state index contributed by atoms with van der Waals surface area (Å²) >= 11 is 0. The van der Waals surface area contributed by atoms with Crippen LogP contribution in [0.15, 0.2) is 111 Å². The zero-order valence-corrected chi connectivity index (χ0v) is 19.6. The van der Waals surface area contributed by atoms with Gasteiger partial charge in [-0.3, -0.25) is 4.98 Å². The molecule has 1 N–H and O–H groups in total. The maximum atomic E-state index is 12.8. The van der Waals surface area contributed by atoms with Crippen molar-refractivity contribution in [1.82, 2.24) is 14.5 Å². The zero-order chi connectivity index (χ0) is 24.7. The fourth-order valence-electron chi connectivity index (χ4n) is 4.14. The van der Waals surface area contributed by atoms with Gasteiger partial charge in [0.15, 0.2) is 5.58 Å². The fraction of sp³-hybridized carbons (Fsp3) is 0.0370. The van der Waals surface area contributed by atoms with Gasteiger partial charge in [-0.05, 0) is 54.1 Å². The van der Waals surface area contributed by atoms with Gasteiger partial charge in [0.05, 0.1) is 16.6 Å². The minimum atomic E-state index is -4.14. The summed E-state index contributed by atoms with van der Waals surface area (Å²) < 4.78 is 38.1. The van der Waals surface area contributed by atoms with E-state index < -0.39 is 15.9 Å². The molecule has 0 bridgehead atoms. The van der Waals surface area contributed by atoms with Crippen molar-refractivity contribution in [1.29, 1.82) is 0 Å². The summed E-state index contributed by atoms with van der Waals surface area (Å²) in [6, 6.07) is 28.8. The summed E-state index contributed by atoms with van der Waals surface area (Å²) in [5.41, 5.74) is 4.38. The highest BCUT2D eigenvalue weighted by Gasteiger charge is 2.19. The Morgan fingerprint density at radius 2 is 1.64 bits per heavy atom. The number of aromatic amines is 1. The fourth-order valence-corrected chi connectivity index (χ4v) is 5.08. The minimum Gasteiger partial charge on any atom is -0.408 e. The van der Waals surface area contributed by atoms with Gasteiger partial charge in [-0.15, -0.1) is 0 Å². The molecule has 0 aliphatic rings. The van der Waals surface area contributed by atoms with Gasteiger partial charge in [0.2, 0.25) is 0 Å². The van der Waals surface area contributed by atoms with Crippen molar-refractivity contribution in [3.8, 4) is 17.1 Å². The molecule has 2 heterocycles. The van der Waals surface area contributed by atoms with E-state index in [0.717, 1.165) is 28.0 Å². The molecule has 0 atom stereocenters. The van der Waals surface area contributed by atoms with Crippen LogP contribution in [0.3, 0.4) is 0 Å². The van der Waals surface area contributed by atoms with Crippen LogP contribution in [0, 0.1) is 0 Å². The lowest BCUT2D eigenvalue weighted by molar-refractivity contribution is 0.485. The van der Waals surface area contributed by atoms with Crippen molar-refractivity contribution in [2.45, 2.75) is 11.4 Å². The summed E-state index contributed by atoms with van der Waals surface area (Å²) in [7, 11) is -4.14. The third-order valence-electron chi connectivity index (χ3n) is 5.84. The first-order valence-corrected chi connectivity index (χ1v) is 12.5. The quantitative estimate of drug-likeness (QED) is 0.326. The van der Waals surface area contributed by atoms with Crippen LogP contribution in [0.2, 0.25) is 0 Å². The highest BCUT2D eigenvalue weighted by atomic mass is 32.2. The molecule has 0 fully saturated rings. The predicted octanol–water partition coefficient (Wildman–Crippen LogP) is 4.95. The molecule has 6 aromatic rings. The van der Waals surface area contributed by atoms with Gasteiger partial charge in [0.1, 0.15) is 16.5 Å². The number of H-pyrrole nitrogens is 1. The molecule has 0 unspecified atom stereocenters. The predicted molar refractivity (Wildman–Crippen MR) is 135 cm³/mol. The SMILES string of the molecule is O=c1[nH]c2ccc(S(=O)(=O)Oc3ccc(-c4nc5ccccc5n4Cc4ccccc4)cc3)cc2o1. The normalized spacial score (nSPS) is 11.8. The molecule has 8 nitrogen and oxygen atoms in total. The van der Waals surface area contributed by atoms with E-state index in [2.05, 4.69) is 21.7 Å². The maximum absolute atomic E-state index is 12.8. The Morgan fingerprint density at radius 1 is 0.889 bits per heavy atom. The number of fused-ring (bicyclic) bond motifs is 2. The number of imidazole rings is 1. The van der Waals surface area contributed by atoms with E-state index in [-0.39, 0.29) is 16.2 Å². The Kier molecular flexibility index (Phi) is 5.19. The molecule has 0 saturated heterocycles. The standard InChI is InChI=1S/C27H19N3O5S/c31-27-29-23-15-14-21(16-25(23)34-27)36(32,33)35-20-12-10-19(11-13-20)26-28-22-8-4-5-9-24(22)30(26)17-18-6-2-1-3-7-18/h1-16H,17H2,(H,29,31). The average Bonchev–Trinajstić information content (AvgIpc) is 3.44. The number of nitrogens with one attached hydrogen (secondary N) is 1. The Morgan fingerprint density at radius 3 is 2.44 bits per heavy atom. The third kappa shape index (κ3) is 4.05. The van der Waals surface area contributed by atoms with Gasteiger partial charge in [0.25, 0.3) is 0 Å². The number of rotatable bonds is 6. The van der Waals surface area contributed by atoms with Crippen LogP contribution < -0.4 is 9.94 Å². The highest BCUT2D eigenvalue weighted by molar-refractivity contribution is 7.87. The molecule has 178 valence electrons. The van der Waals surface area contributed by atoms with Gasteiger partial charge in [-0.2, -0.15) is 8.42 Å². The number of aromatic nitrogens is 3. The zero-order valence-electron chi connectivity index (χ0n) is 18.8. The number of oxazole rings is 1. The Hall–Kier alpha value is -4.63. The van der Waals surface area contributed by atoms with Crippen molar-refractivity contribution < 1.29 is 17.0 Å². The molecule has 0 amide bonds. The average molecular weight is 498 g/mol. The molecule has 0 aliphatic carbocycles. The van der Waals surface area contributed by atoms with Gasteiger partial charge < -0.3 is 13.2 Å². The van der Waals surface area contributed by atoms with E-state index in [1.165, 1.54) is 18.2 Å². The van der Waals surface area contributed by atoms with E-state index in [0.29, 0.717) is 12.1 Å². The van der Waals surface area contributed by atoms with Crippen LogP contribution >= 0.6 is 0 Å². The largest absolute Gasteiger partial charge is 0.417 e. The monoisotopic (exact) mass is 497 g/mol. The van der Waals surface area contributed by atoms with E-state index in [4.69, 9.17) is 13.6 Å². The lowest BCUT2D eigenvalue weighted by Gasteiger charge is -2.11. The Labute approximate surface area is 205 Å². The summed E-state index contributed by atoms with van der Waals surface area (Å²) in [4.78, 5) is 18.5. The molecular formula is C27H19N3O5S. The molecule has 0 radical (unpaired) electrons. The minimum absolute atomic E-state index is 0.119. The second-order valence-electron chi connectivity index (χ2n) is 8.23. The molecule has 0 spiro atoms. The van der Waals surface area contributed by atoms with Crippen molar-refractivity contribution in [2.24, 2.45) is 0 Å². The van der Waals surface area contributed by atoms with E-state index in [1.807, 2.05) is 42.5 Å². The first-order chi connectivity index (χ1) is 17.5. The molecule has 6 rings (SSSR count).